The quantitative estimate of drug-likeness (QED) is 0.732. The van der Waals surface area contributed by atoms with Crippen LogP contribution in [0.4, 0.5) is 0 Å². The number of carbonyl (C=O) groups is 1. The van der Waals surface area contributed by atoms with Crippen molar-refractivity contribution in [3.63, 3.8) is 0 Å². The highest BCUT2D eigenvalue weighted by Gasteiger charge is 2.44. The molecular formula is C13H23N3O. The lowest BCUT2D eigenvalue weighted by atomic mass is 9.84. The Morgan fingerprint density at radius 3 is 2.29 bits per heavy atom. The minimum Gasteiger partial charge on any atom is -0.342 e. The molecule has 1 saturated heterocycles. The molecule has 0 atom stereocenters. The lowest BCUT2D eigenvalue weighted by Crippen LogP contribution is -2.47. The first-order valence-electron chi connectivity index (χ1n) is 6.80. The van der Waals surface area contributed by atoms with Crippen LogP contribution < -0.4 is 10.6 Å². The van der Waals surface area contributed by atoms with Gasteiger partial charge >= 0.3 is 0 Å². The summed E-state index contributed by atoms with van der Waals surface area (Å²) < 4.78 is 0. The number of rotatable bonds is 1. The van der Waals surface area contributed by atoms with Crippen LogP contribution in [0.3, 0.4) is 0 Å². The zero-order valence-electron chi connectivity index (χ0n) is 10.9. The van der Waals surface area contributed by atoms with Crippen molar-refractivity contribution in [3.8, 4) is 0 Å². The van der Waals surface area contributed by atoms with Gasteiger partial charge in [0.05, 0.1) is 0 Å². The van der Waals surface area contributed by atoms with E-state index in [1.54, 1.807) is 0 Å². The fourth-order valence-electron chi connectivity index (χ4n) is 2.73. The second-order valence-electron chi connectivity index (χ2n) is 5.50. The van der Waals surface area contributed by atoms with Crippen molar-refractivity contribution in [3.05, 3.63) is 0 Å². The first-order chi connectivity index (χ1) is 8.12. The van der Waals surface area contributed by atoms with E-state index in [9.17, 15) is 4.79 Å². The summed E-state index contributed by atoms with van der Waals surface area (Å²) in [5, 5.41) is 6.24. The van der Waals surface area contributed by atoms with Gasteiger partial charge in [-0.1, -0.05) is 32.1 Å². The molecule has 1 amide bonds. The maximum atomic E-state index is 12.2. The summed E-state index contributed by atoms with van der Waals surface area (Å²) in [6.45, 7) is 4.04. The summed E-state index contributed by atoms with van der Waals surface area (Å²) in [7, 11) is 0. The van der Waals surface area contributed by atoms with Crippen molar-refractivity contribution >= 4 is 11.9 Å². The molecule has 4 nitrogen and oxygen atoms in total. The van der Waals surface area contributed by atoms with Crippen molar-refractivity contribution in [1.82, 2.24) is 10.6 Å². The Labute approximate surface area is 103 Å². The fraction of sp³-hybridized carbons (Fsp3) is 0.846. The second kappa shape index (κ2) is 5.07. The molecule has 0 unspecified atom stereocenters. The third-order valence-corrected chi connectivity index (χ3v) is 3.62. The standard InChI is InChI=1S/C13H23N3O/c1-10(2)14-12-15-11(17)13(16-12)8-6-4-3-5-7-9-13/h10H,3-9H2,1-2H3,(H2,14,15,16,17). The molecule has 1 aliphatic carbocycles. The molecule has 96 valence electrons. The second-order valence-corrected chi connectivity index (χ2v) is 5.50. The lowest BCUT2D eigenvalue weighted by molar-refractivity contribution is -0.124. The van der Waals surface area contributed by atoms with E-state index < -0.39 is 0 Å². The molecule has 0 aromatic carbocycles. The minimum atomic E-state index is -0.367. The Morgan fingerprint density at radius 2 is 1.71 bits per heavy atom. The molecule has 0 aromatic heterocycles. The third kappa shape index (κ3) is 2.79. The van der Waals surface area contributed by atoms with E-state index >= 15 is 0 Å². The minimum absolute atomic E-state index is 0.124. The SMILES string of the molecule is CC(C)N=C1NC(=O)C2(CCCCCCC2)N1. The summed E-state index contributed by atoms with van der Waals surface area (Å²) in [5.74, 6) is 0.796. The van der Waals surface area contributed by atoms with Crippen molar-refractivity contribution in [1.29, 1.82) is 0 Å². The monoisotopic (exact) mass is 237 g/mol. The number of guanidine groups is 1. The normalized spacial score (nSPS) is 26.8. The van der Waals surface area contributed by atoms with E-state index in [4.69, 9.17) is 0 Å². The molecule has 2 rings (SSSR count). The third-order valence-electron chi connectivity index (χ3n) is 3.62. The van der Waals surface area contributed by atoms with Crippen LogP contribution in [0, 0.1) is 0 Å². The Kier molecular flexibility index (Phi) is 3.69. The van der Waals surface area contributed by atoms with Gasteiger partial charge in [-0.15, -0.1) is 0 Å². The van der Waals surface area contributed by atoms with E-state index in [0.717, 1.165) is 25.7 Å². The van der Waals surface area contributed by atoms with Gasteiger partial charge in [-0.3, -0.25) is 15.1 Å². The van der Waals surface area contributed by atoms with E-state index in [-0.39, 0.29) is 17.5 Å². The highest BCUT2D eigenvalue weighted by Crippen LogP contribution is 2.28. The number of hydrogen-bond acceptors (Lipinski definition) is 2. The first-order valence-corrected chi connectivity index (χ1v) is 6.80. The van der Waals surface area contributed by atoms with Crippen molar-refractivity contribution in [2.24, 2.45) is 4.99 Å². The van der Waals surface area contributed by atoms with Gasteiger partial charge in [0.1, 0.15) is 5.54 Å². The molecule has 2 N–H and O–H groups in total. The lowest BCUT2D eigenvalue weighted by Gasteiger charge is -2.28. The molecule has 0 bridgehead atoms. The van der Waals surface area contributed by atoms with Crippen LogP contribution in [0.15, 0.2) is 4.99 Å². The molecule has 2 aliphatic rings. The Morgan fingerprint density at radius 1 is 1.12 bits per heavy atom. The van der Waals surface area contributed by atoms with Crippen LogP contribution in [-0.4, -0.2) is 23.4 Å². The average molecular weight is 237 g/mol. The largest absolute Gasteiger partial charge is 0.342 e. The van der Waals surface area contributed by atoms with Crippen molar-refractivity contribution < 1.29 is 4.79 Å². The van der Waals surface area contributed by atoms with Gasteiger partial charge in [-0.25, -0.2) is 0 Å². The van der Waals surface area contributed by atoms with Crippen LogP contribution in [0.25, 0.3) is 0 Å². The Bertz CT molecular complexity index is 315. The molecule has 17 heavy (non-hydrogen) atoms. The molecule has 2 fully saturated rings. The molecule has 1 saturated carbocycles. The predicted molar refractivity (Wildman–Crippen MR) is 68.9 cm³/mol. The zero-order chi connectivity index (χ0) is 12.3. The van der Waals surface area contributed by atoms with Crippen LogP contribution in [0.5, 0.6) is 0 Å². The number of hydrogen-bond donors (Lipinski definition) is 2. The zero-order valence-corrected chi connectivity index (χ0v) is 10.9. The van der Waals surface area contributed by atoms with Crippen molar-refractivity contribution in [2.75, 3.05) is 0 Å². The Hall–Kier alpha value is -1.06. The van der Waals surface area contributed by atoms with E-state index in [1.807, 2.05) is 13.8 Å². The first kappa shape index (κ1) is 12.4. The molecular weight excluding hydrogens is 214 g/mol. The van der Waals surface area contributed by atoms with Gasteiger partial charge in [0.15, 0.2) is 5.96 Å². The van der Waals surface area contributed by atoms with E-state index in [2.05, 4.69) is 15.6 Å². The molecule has 1 heterocycles. The number of amides is 1. The highest BCUT2D eigenvalue weighted by molar-refractivity contribution is 6.09. The van der Waals surface area contributed by atoms with Crippen LogP contribution in [-0.2, 0) is 4.79 Å². The number of nitrogens with zero attached hydrogens (tertiary/aromatic N) is 1. The van der Waals surface area contributed by atoms with Gasteiger partial charge in [0, 0.05) is 6.04 Å². The van der Waals surface area contributed by atoms with Crippen LogP contribution in [0.1, 0.15) is 58.8 Å². The highest BCUT2D eigenvalue weighted by atomic mass is 16.2. The molecule has 1 aliphatic heterocycles. The summed E-state index contributed by atoms with van der Waals surface area (Å²) >= 11 is 0. The summed E-state index contributed by atoms with van der Waals surface area (Å²) in [6, 6.07) is 0.210. The van der Waals surface area contributed by atoms with Crippen LogP contribution >= 0.6 is 0 Å². The molecule has 0 aromatic rings. The smallest absolute Gasteiger partial charge is 0.252 e. The van der Waals surface area contributed by atoms with Gasteiger partial charge in [-0.05, 0) is 26.7 Å². The van der Waals surface area contributed by atoms with Crippen LogP contribution in [0.2, 0.25) is 0 Å². The average Bonchev–Trinajstić information content (AvgIpc) is 2.49. The van der Waals surface area contributed by atoms with E-state index in [0.29, 0.717) is 5.96 Å². The molecule has 4 heteroatoms. The van der Waals surface area contributed by atoms with Gasteiger partial charge < -0.3 is 5.32 Å². The molecule has 1 spiro atoms. The van der Waals surface area contributed by atoms with Crippen molar-refractivity contribution in [2.45, 2.75) is 70.4 Å². The predicted octanol–water partition coefficient (Wildman–Crippen LogP) is 1.95. The van der Waals surface area contributed by atoms with Gasteiger partial charge in [0.2, 0.25) is 0 Å². The Balaban J connectivity index is 2.10. The van der Waals surface area contributed by atoms with Gasteiger partial charge in [-0.2, -0.15) is 0 Å². The van der Waals surface area contributed by atoms with Gasteiger partial charge in [0.25, 0.3) is 5.91 Å². The summed E-state index contributed by atoms with van der Waals surface area (Å²) in [4.78, 5) is 16.6. The maximum Gasteiger partial charge on any atom is 0.252 e. The number of nitrogens with one attached hydrogen (secondary N) is 2. The van der Waals surface area contributed by atoms with E-state index in [1.165, 1.54) is 19.3 Å². The number of aliphatic imine (C=N–C) groups is 1. The molecule has 0 radical (unpaired) electrons. The number of carbonyl (C=O) groups excluding carboxylic acids is 1. The fourth-order valence-corrected chi connectivity index (χ4v) is 2.73. The summed E-state index contributed by atoms with van der Waals surface area (Å²) in [6.07, 6.45) is 7.95. The topological polar surface area (TPSA) is 53.5 Å². The summed E-state index contributed by atoms with van der Waals surface area (Å²) in [5.41, 5.74) is -0.367. The maximum absolute atomic E-state index is 12.2.